The average molecular weight is 257 g/mol. The van der Waals surface area contributed by atoms with Crippen molar-refractivity contribution in [2.45, 2.75) is 32.7 Å². The van der Waals surface area contributed by atoms with Gasteiger partial charge in [-0.2, -0.15) is 0 Å². The molecule has 0 aliphatic carbocycles. The van der Waals surface area contributed by atoms with Gasteiger partial charge in [0.15, 0.2) is 0 Å². The van der Waals surface area contributed by atoms with E-state index in [1.807, 2.05) is 25.7 Å². The fraction of sp³-hybridized carbons (Fsp3) is 0.833. The summed E-state index contributed by atoms with van der Waals surface area (Å²) in [5, 5.41) is 17.1. The molecule has 0 spiro atoms. The highest BCUT2D eigenvalue weighted by Gasteiger charge is 2.22. The Bertz CT molecular complexity index is 347. The van der Waals surface area contributed by atoms with Crippen LogP contribution in [-0.4, -0.2) is 53.6 Å². The van der Waals surface area contributed by atoms with E-state index in [4.69, 9.17) is 14.3 Å². The highest BCUT2D eigenvalue weighted by molar-refractivity contribution is 4.96. The van der Waals surface area contributed by atoms with Crippen molar-refractivity contribution in [1.29, 1.82) is 0 Å². The third-order valence-corrected chi connectivity index (χ3v) is 2.50. The van der Waals surface area contributed by atoms with Crippen LogP contribution in [0.25, 0.3) is 0 Å². The van der Waals surface area contributed by atoms with Gasteiger partial charge in [-0.05, 0) is 0 Å². The lowest BCUT2D eigenvalue weighted by atomic mass is 9.97. The first-order valence-corrected chi connectivity index (χ1v) is 6.12. The molecule has 1 N–H and O–H groups in total. The van der Waals surface area contributed by atoms with E-state index in [1.165, 1.54) is 0 Å². The standard InChI is InChI=1S/C12H23N3O3/c1-12(2,3)11-14-13-10(18-11)9-15(5-7-16)6-8-17-4/h16H,5-9H2,1-4H3. The van der Waals surface area contributed by atoms with Gasteiger partial charge in [0, 0.05) is 25.6 Å². The molecule has 0 aliphatic heterocycles. The molecule has 1 aromatic heterocycles. The Morgan fingerprint density at radius 1 is 1.28 bits per heavy atom. The average Bonchev–Trinajstić information content (AvgIpc) is 2.74. The summed E-state index contributed by atoms with van der Waals surface area (Å²) in [5.74, 6) is 1.21. The van der Waals surface area contributed by atoms with Crippen LogP contribution in [0.15, 0.2) is 4.42 Å². The first-order valence-electron chi connectivity index (χ1n) is 6.12. The van der Waals surface area contributed by atoms with Gasteiger partial charge >= 0.3 is 0 Å². The summed E-state index contributed by atoms with van der Waals surface area (Å²) in [6.07, 6.45) is 0. The van der Waals surface area contributed by atoms with E-state index in [-0.39, 0.29) is 12.0 Å². The third-order valence-electron chi connectivity index (χ3n) is 2.50. The van der Waals surface area contributed by atoms with Crippen LogP contribution in [-0.2, 0) is 16.7 Å². The predicted octanol–water partition coefficient (Wildman–Crippen LogP) is 0.808. The van der Waals surface area contributed by atoms with E-state index in [1.54, 1.807) is 7.11 Å². The summed E-state index contributed by atoms with van der Waals surface area (Å²) in [5.41, 5.74) is -0.139. The number of hydrogen-bond acceptors (Lipinski definition) is 6. The van der Waals surface area contributed by atoms with E-state index in [2.05, 4.69) is 10.2 Å². The molecule has 0 bridgehead atoms. The van der Waals surface area contributed by atoms with Crippen LogP contribution >= 0.6 is 0 Å². The lowest BCUT2D eigenvalue weighted by Crippen LogP contribution is -2.30. The first-order chi connectivity index (χ1) is 8.47. The number of methoxy groups -OCH3 is 1. The molecule has 1 rings (SSSR count). The second-order valence-electron chi connectivity index (χ2n) is 5.24. The third kappa shape index (κ3) is 4.72. The van der Waals surface area contributed by atoms with Crippen LogP contribution in [0.2, 0.25) is 0 Å². The Morgan fingerprint density at radius 2 is 2.00 bits per heavy atom. The van der Waals surface area contributed by atoms with Crippen LogP contribution in [0.4, 0.5) is 0 Å². The van der Waals surface area contributed by atoms with Crippen LogP contribution in [0, 0.1) is 0 Å². The zero-order valence-corrected chi connectivity index (χ0v) is 11.6. The van der Waals surface area contributed by atoms with Crippen molar-refractivity contribution in [1.82, 2.24) is 15.1 Å². The molecular weight excluding hydrogens is 234 g/mol. The highest BCUT2D eigenvalue weighted by atomic mass is 16.5. The summed E-state index contributed by atoms with van der Waals surface area (Å²) in [6.45, 7) is 8.63. The zero-order valence-electron chi connectivity index (χ0n) is 11.6. The van der Waals surface area contributed by atoms with Gasteiger partial charge in [-0.1, -0.05) is 20.8 Å². The van der Waals surface area contributed by atoms with E-state index in [9.17, 15) is 0 Å². The first kappa shape index (κ1) is 15.1. The van der Waals surface area contributed by atoms with Gasteiger partial charge in [-0.3, -0.25) is 4.90 Å². The largest absolute Gasteiger partial charge is 0.423 e. The van der Waals surface area contributed by atoms with Gasteiger partial charge in [0.25, 0.3) is 0 Å². The molecule has 104 valence electrons. The SMILES string of the molecule is COCCN(CCO)Cc1nnc(C(C)(C)C)o1. The maximum absolute atomic E-state index is 9.00. The van der Waals surface area contributed by atoms with Gasteiger partial charge < -0.3 is 14.3 Å². The summed E-state index contributed by atoms with van der Waals surface area (Å²) in [6, 6.07) is 0. The maximum Gasteiger partial charge on any atom is 0.230 e. The van der Waals surface area contributed by atoms with Crippen LogP contribution < -0.4 is 0 Å². The molecule has 0 aromatic carbocycles. The topological polar surface area (TPSA) is 71.6 Å². The van der Waals surface area contributed by atoms with Crippen molar-refractivity contribution in [2.75, 3.05) is 33.4 Å². The molecule has 0 saturated heterocycles. The quantitative estimate of drug-likeness (QED) is 0.779. The number of aliphatic hydroxyl groups is 1. The Hall–Kier alpha value is -0.980. The minimum absolute atomic E-state index is 0.101. The Kier molecular flexibility index (Phi) is 5.71. The molecule has 0 aliphatic rings. The minimum atomic E-state index is -0.139. The molecule has 0 unspecified atom stereocenters. The molecule has 6 heteroatoms. The Morgan fingerprint density at radius 3 is 2.50 bits per heavy atom. The van der Waals surface area contributed by atoms with Crippen LogP contribution in [0.1, 0.15) is 32.6 Å². The lowest BCUT2D eigenvalue weighted by molar-refractivity contribution is 0.120. The van der Waals surface area contributed by atoms with Gasteiger partial charge in [0.05, 0.1) is 19.8 Å². The van der Waals surface area contributed by atoms with Crippen molar-refractivity contribution in [3.8, 4) is 0 Å². The summed E-state index contributed by atoms with van der Waals surface area (Å²) in [7, 11) is 1.65. The maximum atomic E-state index is 9.00. The monoisotopic (exact) mass is 257 g/mol. The summed E-state index contributed by atoms with van der Waals surface area (Å²) in [4.78, 5) is 2.02. The highest BCUT2D eigenvalue weighted by Crippen LogP contribution is 2.20. The van der Waals surface area contributed by atoms with E-state index >= 15 is 0 Å². The second kappa shape index (κ2) is 6.82. The molecule has 1 aromatic rings. The van der Waals surface area contributed by atoms with Crippen molar-refractivity contribution in [3.05, 3.63) is 11.8 Å². The van der Waals surface area contributed by atoms with E-state index in [0.29, 0.717) is 31.5 Å². The lowest BCUT2D eigenvalue weighted by Gasteiger charge is -2.18. The zero-order chi connectivity index (χ0) is 13.6. The molecule has 0 radical (unpaired) electrons. The van der Waals surface area contributed by atoms with Crippen LogP contribution in [0.3, 0.4) is 0 Å². The molecule has 18 heavy (non-hydrogen) atoms. The van der Waals surface area contributed by atoms with Gasteiger partial charge in [0.1, 0.15) is 0 Å². The number of nitrogens with zero attached hydrogens (tertiary/aromatic N) is 3. The molecule has 6 nitrogen and oxygen atoms in total. The molecular formula is C12H23N3O3. The van der Waals surface area contributed by atoms with E-state index in [0.717, 1.165) is 6.54 Å². The normalized spacial score (nSPS) is 12.3. The fourth-order valence-electron chi connectivity index (χ4n) is 1.44. The number of hydrogen-bond donors (Lipinski definition) is 1. The molecule has 0 fully saturated rings. The Labute approximate surface area is 108 Å². The molecule has 0 saturated carbocycles. The number of rotatable bonds is 7. The van der Waals surface area contributed by atoms with Crippen molar-refractivity contribution in [3.63, 3.8) is 0 Å². The van der Waals surface area contributed by atoms with Crippen molar-refractivity contribution in [2.24, 2.45) is 0 Å². The molecule has 1 heterocycles. The summed E-state index contributed by atoms with van der Waals surface area (Å²) >= 11 is 0. The Balaban J connectivity index is 2.60. The van der Waals surface area contributed by atoms with Crippen molar-refractivity contribution < 1.29 is 14.3 Å². The molecule has 0 amide bonds. The number of ether oxygens (including phenoxy) is 1. The smallest absolute Gasteiger partial charge is 0.230 e. The van der Waals surface area contributed by atoms with Crippen molar-refractivity contribution >= 4 is 0 Å². The predicted molar refractivity (Wildman–Crippen MR) is 67.2 cm³/mol. The van der Waals surface area contributed by atoms with E-state index < -0.39 is 0 Å². The number of aromatic nitrogens is 2. The van der Waals surface area contributed by atoms with Crippen LogP contribution in [0.5, 0.6) is 0 Å². The fourth-order valence-corrected chi connectivity index (χ4v) is 1.44. The number of aliphatic hydroxyl groups excluding tert-OH is 1. The van der Waals surface area contributed by atoms with Gasteiger partial charge in [-0.25, -0.2) is 0 Å². The summed E-state index contributed by atoms with van der Waals surface area (Å²) < 4.78 is 10.6. The van der Waals surface area contributed by atoms with Gasteiger partial charge in [0.2, 0.25) is 11.8 Å². The minimum Gasteiger partial charge on any atom is -0.423 e. The molecule has 0 atom stereocenters. The van der Waals surface area contributed by atoms with Gasteiger partial charge in [-0.15, -0.1) is 10.2 Å². The second-order valence-corrected chi connectivity index (χ2v) is 5.24.